The summed E-state index contributed by atoms with van der Waals surface area (Å²) in [4.78, 5) is 13.5. The van der Waals surface area contributed by atoms with Gasteiger partial charge < -0.3 is 5.32 Å². The molecule has 0 bridgehead atoms. The van der Waals surface area contributed by atoms with Gasteiger partial charge in [-0.2, -0.15) is 5.10 Å². The van der Waals surface area contributed by atoms with Crippen LogP contribution in [0.25, 0.3) is 5.69 Å². The molecule has 0 saturated carbocycles. The predicted molar refractivity (Wildman–Crippen MR) is 125 cm³/mol. The van der Waals surface area contributed by atoms with Crippen LogP contribution in [-0.4, -0.2) is 42.5 Å². The SMILES string of the molecule is Cc1cc(S(=O)(=O)N(C)C)cc(NC(=O)c2nn(-c3ccc(F)cc3)c3c2CCCC3)c1C. The molecule has 0 unspecified atom stereocenters. The van der Waals surface area contributed by atoms with Crippen LogP contribution >= 0.6 is 0 Å². The number of hydrogen-bond donors (Lipinski definition) is 1. The first-order chi connectivity index (χ1) is 15.6. The first-order valence-corrected chi connectivity index (χ1v) is 12.3. The number of hydrogen-bond acceptors (Lipinski definition) is 4. The van der Waals surface area contributed by atoms with Gasteiger partial charge in [-0.3, -0.25) is 4.79 Å². The summed E-state index contributed by atoms with van der Waals surface area (Å²) in [6.45, 7) is 3.65. The van der Waals surface area contributed by atoms with Crippen molar-refractivity contribution in [3.05, 3.63) is 70.3 Å². The Morgan fingerprint density at radius 2 is 1.76 bits per heavy atom. The number of sulfonamides is 1. The molecule has 1 N–H and O–H groups in total. The molecule has 33 heavy (non-hydrogen) atoms. The maximum absolute atomic E-state index is 13.4. The molecule has 1 aromatic heterocycles. The molecule has 0 saturated heterocycles. The highest BCUT2D eigenvalue weighted by Gasteiger charge is 2.27. The number of rotatable bonds is 5. The number of amides is 1. The monoisotopic (exact) mass is 470 g/mol. The van der Waals surface area contributed by atoms with E-state index in [1.54, 1.807) is 22.9 Å². The van der Waals surface area contributed by atoms with Gasteiger partial charge in [0.2, 0.25) is 10.0 Å². The van der Waals surface area contributed by atoms with Gasteiger partial charge in [-0.25, -0.2) is 21.8 Å². The molecule has 174 valence electrons. The molecule has 0 radical (unpaired) electrons. The molecule has 4 rings (SSSR count). The standard InChI is InChI=1S/C24H27FN4O3S/c1-15-13-19(33(31,32)28(3)4)14-21(16(15)2)26-24(30)23-20-7-5-6-8-22(20)29(27-23)18-11-9-17(25)10-12-18/h9-14H,5-8H2,1-4H3,(H,26,30). The summed E-state index contributed by atoms with van der Waals surface area (Å²) in [6, 6.07) is 9.11. The molecule has 1 aliphatic carbocycles. The van der Waals surface area contributed by atoms with Crippen molar-refractivity contribution < 1.29 is 17.6 Å². The Morgan fingerprint density at radius 1 is 1.09 bits per heavy atom. The zero-order valence-electron chi connectivity index (χ0n) is 19.1. The average Bonchev–Trinajstić information content (AvgIpc) is 3.17. The van der Waals surface area contributed by atoms with Gasteiger partial charge in [-0.15, -0.1) is 0 Å². The van der Waals surface area contributed by atoms with Gasteiger partial charge >= 0.3 is 0 Å². The van der Waals surface area contributed by atoms with Crippen molar-refractivity contribution in [1.82, 2.24) is 14.1 Å². The highest BCUT2D eigenvalue weighted by molar-refractivity contribution is 7.89. The molecule has 1 heterocycles. The van der Waals surface area contributed by atoms with E-state index in [4.69, 9.17) is 0 Å². The lowest BCUT2D eigenvalue weighted by atomic mass is 9.95. The zero-order chi connectivity index (χ0) is 23.9. The van der Waals surface area contributed by atoms with Crippen molar-refractivity contribution in [2.24, 2.45) is 0 Å². The Labute approximate surface area is 193 Å². The van der Waals surface area contributed by atoms with Crippen LogP contribution in [0, 0.1) is 19.7 Å². The fourth-order valence-corrected chi connectivity index (χ4v) is 5.09. The summed E-state index contributed by atoms with van der Waals surface area (Å²) < 4.78 is 41.6. The topological polar surface area (TPSA) is 84.3 Å². The lowest BCUT2D eigenvalue weighted by Crippen LogP contribution is -2.23. The lowest BCUT2D eigenvalue weighted by Gasteiger charge is -2.17. The fraction of sp³-hybridized carbons (Fsp3) is 0.333. The van der Waals surface area contributed by atoms with Gasteiger partial charge in [0.1, 0.15) is 5.82 Å². The molecule has 3 aromatic rings. The third-order valence-electron chi connectivity index (χ3n) is 6.13. The average molecular weight is 471 g/mol. The number of carbonyl (C=O) groups is 1. The van der Waals surface area contributed by atoms with Crippen molar-refractivity contribution in [3.8, 4) is 5.69 Å². The van der Waals surface area contributed by atoms with Crippen molar-refractivity contribution in [2.75, 3.05) is 19.4 Å². The normalized spacial score (nSPS) is 13.8. The van der Waals surface area contributed by atoms with Crippen LogP contribution in [-0.2, 0) is 22.9 Å². The Kier molecular flexibility index (Phi) is 6.11. The van der Waals surface area contributed by atoms with E-state index >= 15 is 0 Å². The highest BCUT2D eigenvalue weighted by atomic mass is 32.2. The number of halogens is 1. The predicted octanol–water partition coefficient (Wildman–Crippen LogP) is 4.01. The smallest absolute Gasteiger partial charge is 0.276 e. The highest BCUT2D eigenvalue weighted by Crippen LogP contribution is 2.29. The van der Waals surface area contributed by atoms with E-state index in [2.05, 4.69) is 10.4 Å². The largest absolute Gasteiger partial charge is 0.320 e. The Balaban J connectivity index is 1.74. The minimum absolute atomic E-state index is 0.116. The van der Waals surface area contributed by atoms with Crippen LogP contribution in [0.2, 0.25) is 0 Å². The van der Waals surface area contributed by atoms with Crippen LogP contribution in [0.1, 0.15) is 45.7 Å². The van der Waals surface area contributed by atoms with E-state index in [0.717, 1.165) is 52.4 Å². The Hall–Kier alpha value is -3.04. The number of nitrogens with one attached hydrogen (secondary N) is 1. The third-order valence-corrected chi connectivity index (χ3v) is 7.93. The van der Waals surface area contributed by atoms with E-state index in [0.29, 0.717) is 17.1 Å². The summed E-state index contributed by atoms with van der Waals surface area (Å²) in [5.41, 5.74) is 4.82. The first-order valence-electron chi connectivity index (χ1n) is 10.8. The van der Waals surface area contributed by atoms with Crippen molar-refractivity contribution in [1.29, 1.82) is 0 Å². The molecule has 0 aliphatic heterocycles. The molecule has 0 spiro atoms. The number of aryl methyl sites for hydroxylation is 1. The molecule has 1 aliphatic rings. The molecule has 7 nitrogen and oxygen atoms in total. The molecular formula is C24H27FN4O3S. The first kappa shape index (κ1) is 23.1. The van der Waals surface area contributed by atoms with E-state index in [1.165, 1.54) is 32.3 Å². The van der Waals surface area contributed by atoms with Gasteiger partial charge in [0.05, 0.1) is 10.6 Å². The maximum Gasteiger partial charge on any atom is 0.276 e. The number of fused-ring (bicyclic) bond motifs is 1. The van der Waals surface area contributed by atoms with E-state index in [1.807, 2.05) is 13.8 Å². The molecule has 0 atom stereocenters. The second kappa shape index (κ2) is 8.72. The third kappa shape index (κ3) is 4.30. The van der Waals surface area contributed by atoms with E-state index in [9.17, 15) is 17.6 Å². The van der Waals surface area contributed by atoms with Gasteiger partial charge in [0, 0.05) is 31.0 Å². The molecule has 2 aromatic carbocycles. The van der Waals surface area contributed by atoms with Gasteiger partial charge in [0.25, 0.3) is 5.91 Å². The summed E-state index contributed by atoms with van der Waals surface area (Å²) in [5, 5.41) is 7.48. The second-order valence-electron chi connectivity index (χ2n) is 8.52. The van der Waals surface area contributed by atoms with Crippen LogP contribution in [0.4, 0.5) is 10.1 Å². The number of carbonyl (C=O) groups excluding carboxylic acids is 1. The Morgan fingerprint density at radius 3 is 2.42 bits per heavy atom. The van der Waals surface area contributed by atoms with Gasteiger partial charge in [-0.05, 0) is 87.1 Å². The second-order valence-corrected chi connectivity index (χ2v) is 10.7. The number of benzene rings is 2. The number of aromatic nitrogens is 2. The summed E-state index contributed by atoms with van der Waals surface area (Å²) in [5.74, 6) is -0.730. The molecular weight excluding hydrogens is 443 g/mol. The van der Waals surface area contributed by atoms with Crippen molar-refractivity contribution in [2.45, 2.75) is 44.4 Å². The lowest BCUT2D eigenvalue weighted by molar-refractivity contribution is 0.102. The van der Waals surface area contributed by atoms with Gasteiger partial charge in [-0.1, -0.05) is 0 Å². The van der Waals surface area contributed by atoms with E-state index in [-0.39, 0.29) is 10.7 Å². The van der Waals surface area contributed by atoms with Gasteiger partial charge in [0.15, 0.2) is 5.69 Å². The summed E-state index contributed by atoms with van der Waals surface area (Å²) >= 11 is 0. The van der Waals surface area contributed by atoms with E-state index < -0.39 is 15.9 Å². The number of nitrogens with zero attached hydrogens (tertiary/aromatic N) is 3. The molecule has 0 fully saturated rings. The number of anilines is 1. The molecule has 9 heteroatoms. The zero-order valence-corrected chi connectivity index (χ0v) is 20.0. The van der Waals surface area contributed by atoms with Crippen LogP contribution < -0.4 is 5.32 Å². The van der Waals surface area contributed by atoms with Crippen LogP contribution in [0.5, 0.6) is 0 Å². The summed E-state index contributed by atoms with van der Waals surface area (Å²) in [7, 11) is -0.718. The Bertz CT molecular complexity index is 1330. The summed E-state index contributed by atoms with van der Waals surface area (Å²) in [6.07, 6.45) is 3.45. The minimum atomic E-state index is -3.66. The minimum Gasteiger partial charge on any atom is -0.320 e. The van der Waals surface area contributed by atoms with Crippen molar-refractivity contribution in [3.63, 3.8) is 0 Å². The van der Waals surface area contributed by atoms with Crippen LogP contribution in [0.15, 0.2) is 41.3 Å². The quantitative estimate of drug-likeness (QED) is 0.611. The molecule has 1 amide bonds. The van der Waals surface area contributed by atoms with Crippen molar-refractivity contribution >= 4 is 21.6 Å². The maximum atomic E-state index is 13.4. The fourth-order valence-electron chi connectivity index (χ4n) is 4.07. The van der Waals surface area contributed by atoms with Crippen LogP contribution in [0.3, 0.4) is 0 Å².